The van der Waals surface area contributed by atoms with Crippen LogP contribution in [0.5, 0.6) is 0 Å². The molecule has 32 heavy (non-hydrogen) atoms. The van der Waals surface area contributed by atoms with Gasteiger partial charge in [-0.05, 0) is 47.4 Å². The van der Waals surface area contributed by atoms with E-state index >= 15 is 0 Å². The fourth-order valence-corrected chi connectivity index (χ4v) is 4.50. The first-order valence-electron chi connectivity index (χ1n) is 10.4. The largest absolute Gasteiger partial charge is 0.464 e. The van der Waals surface area contributed by atoms with Crippen molar-refractivity contribution < 1.29 is 17.9 Å². The predicted molar refractivity (Wildman–Crippen MR) is 125 cm³/mol. The number of nitrogen functional groups attached to an aromatic ring is 1. The number of hydrogen-bond acceptors (Lipinski definition) is 5. The Labute approximate surface area is 188 Å². The Bertz CT molecular complexity index is 1220. The van der Waals surface area contributed by atoms with Gasteiger partial charge in [0.15, 0.2) is 0 Å². The van der Waals surface area contributed by atoms with E-state index in [4.69, 9.17) is 15.9 Å². The van der Waals surface area contributed by atoms with Crippen LogP contribution in [0.25, 0.3) is 10.8 Å². The lowest BCUT2D eigenvalue weighted by Gasteiger charge is -2.18. The average Bonchev–Trinajstić information content (AvgIpc) is 2.78. The maximum Gasteiger partial charge on any atom is 0.324 e. The quantitative estimate of drug-likeness (QED) is 0.188. The van der Waals surface area contributed by atoms with Crippen LogP contribution in [0.4, 0.5) is 0 Å². The van der Waals surface area contributed by atoms with Gasteiger partial charge in [0.05, 0.1) is 11.5 Å². The van der Waals surface area contributed by atoms with Gasteiger partial charge in [0, 0.05) is 5.56 Å². The number of ether oxygens (including phenoxy) is 1. The molecule has 0 aliphatic rings. The lowest BCUT2D eigenvalue weighted by molar-refractivity contribution is -0.145. The van der Waals surface area contributed by atoms with Crippen LogP contribution in [-0.2, 0) is 26.0 Å². The molecule has 1 unspecified atom stereocenters. The fraction of sp³-hybridized carbons (Fsp3) is 0.250. The van der Waals surface area contributed by atoms with Gasteiger partial charge in [0.2, 0.25) is 10.0 Å². The van der Waals surface area contributed by atoms with Gasteiger partial charge in [-0.25, -0.2) is 8.42 Å². The molecule has 0 aliphatic carbocycles. The minimum Gasteiger partial charge on any atom is -0.464 e. The van der Waals surface area contributed by atoms with Gasteiger partial charge in [-0.15, -0.1) is 0 Å². The fourth-order valence-electron chi connectivity index (χ4n) is 3.28. The molecule has 3 aromatic carbocycles. The summed E-state index contributed by atoms with van der Waals surface area (Å²) >= 11 is 0. The molecule has 0 fully saturated rings. The summed E-state index contributed by atoms with van der Waals surface area (Å²) in [5.41, 5.74) is 6.72. The maximum absolute atomic E-state index is 13.1. The van der Waals surface area contributed by atoms with E-state index in [9.17, 15) is 13.2 Å². The Morgan fingerprint density at radius 2 is 1.81 bits per heavy atom. The molecule has 1 atom stereocenters. The monoisotopic (exact) mass is 453 g/mol. The molecule has 0 heterocycles. The lowest BCUT2D eigenvalue weighted by atomic mass is 10.0. The number of carbonyl (C=O) groups excluding carboxylic acids is 1. The summed E-state index contributed by atoms with van der Waals surface area (Å²) in [5.74, 6) is -0.748. The van der Waals surface area contributed by atoms with Crippen molar-refractivity contribution in [3.63, 3.8) is 0 Å². The number of benzene rings is 3. The lowest BCUT2D eigenvalue weighted by Crippen LogP contribution is -2.43. The molecule has 0 radical (unpaired) electrons. The standard InChI is InChI=1S/C24H27N3O4S/c1-2-3-13-31-24(28)22(15-17-7-6-10-20(14-17)23(25)26)27-32(29,30)21-12-11-18-8-4-5-9-19(18)16-21/h4-12,14,16,22,27H,2-3,13,15H2,1H3,(H3,25,26). The summed E-state index contributed by atoms with van der Waals surface area (Å²) in [5, 5.41) is 9.31. The molecule has 168 valence electrons. The molecule has 7 nitrogen and oxygen atoms in total. The molecule has 0 aromatic heterocycles. The number of carbonyl (C=O) groups is 1. The van der Waals surface area contributed by atoms with E-state index in [1.807, 2.05) is 31.2 Å². The average molecular weight is 454 g/mol. The van der Waals surface area contributed by atoms with Crippen LogP contribution in [0.15, 0.2) is 71.6 Å². The number of nitrogens with one attached hydrogen (secondary N) is 2. The molecule has 0 saturated heterocycles. The third-order valence-corrected chi connectivity index (χ3v) is 6.50. The zero-order chi connectivity index (χ0) is 23.1. The highest BCUT2D eigenvalue weighted by Crippen LogP contribution is 2.20. The van der Waals surface area contributed by atoms with Crippen molar-refractivity contribution in [1.82, 2.24) is 4.72 Å². The molecule has 0 spiro atoms. The third kappa shape index (κ3) is 5.93. The summed E-state index contributed by atoms with van der Waals surface area (Å²) in [6.45, 7) is 2.19. The van der Waals surface area contributed by atoms with Gasteiger partial charge in [-0.1, -0.05) is 61.9 Å². The highest BCUT2D eigenvalue weighted by atomic mass is 32.2. The molecule has 0 aliphatic heterocycles. The Morgan fingerprint density at radius 3 is 2.53 bits per heavy atom. The topological polar surface area (TPSA) is 122 Å². The number of nitrogens with two attached hydrogens (primary N) is 1. The Hall–Kier alpha value is -3.23. The maximum atomic E-state index is 13.1. The van der Waals surface area contributed by atoms with Crippen LogP contribution < -0.4 is 10.5 Å². The normalized spacial score (nSPS) is 12.4. The van der Waals surface area contributed by atoms with Crippen molar-refractivity contribution in [2.45, 2.75) is 37.1 Å². The number of esters is 1. The molecule has 0 bridgehead atoms. The van der Waals surface area contributed by atoms with Crippen molar-refractivity contribution in [3.8, 4) is 0 Å². The smallest absolute Gasteiger partial charge is 0.324 e. The molecule has 3 rings (SSSR count). The van der Waals surface area contributed by atoms with E-state index in [1.165, 1.54) is 6.07 Å². The van der Waals surface area contributed by atoms with Gasteiger partial charge in [0.1, 0.15) is 11.9 Å². The number of amidine groups is 1. The molecule has 3 aromatic rings. The van der Waals surface area contributed by atoms with Crippen molar-refractivity contribution in [1.29, 1.82) is 5.41 Å². The van der Waals surface area contributed by atoms with E-state index in [-0.39, 0.29) is 23.8 Å². The van der Waals surface area contributed by atoms with Crippen LogP contribution in [0.2, 0.25) is 0 Å². The zero-order valence-electron chi connectivity index (χ0n) is 17.9. The molecule has 0 saturated carbocycles. The van der Waals surface area contributed by atoms with E-state index in [0.29, 0.717) is 17.5 Å². The van der Waals surface area contributed by atoms with E-state index in [0.717, 1.165) is 17.2 Å². The number of unbranched alkanes of at least 4 members (excludes halogenated alkanes) is 1. The van der Waals surface area contributed by atoms with Crippen molar-refractivity contribution >= 4 is 32.6 Å². The van der Waals surface area contributed by atoms with Gasteiger partial charge in [-0.3, -0.25) is 10.2 Å². The first-order chi connectivity index (χ1) is 15.3. The summed E-state index contributed by atoms with van der Waals surface area (Å²) in [7, 11) is -3.99. The first kappa shape index (κ1) is 23.4. The molecular weight excluding hydrogens is 426 g/mol. The SMILES string of the molecule is CCCCOC(=O)C(Cc1cccc(C(=N)N)c1)NS(=O)(=O)c1ccc2ccccc2c1. The summed E-state index contributed by atoms with van der Waals surface area (Å²) in [6, 6.07) is 18.0. The summed E-state index contributed by atoms with van der Waals surface area (Å²) in [4.78, 5) is 12.8. The zero-order valence-corrected chi connectivity index (χ0v) is 18.7. The van der Waals surface area contributed by atoms with E-state index in [1.54, 1.807) is 36.4 Å². The van der Waals surface area contributed by atoms with Crippen LogP contribution in [-0.4, -0.2) is 32.9 Å². The second kappa shape index (κ2) is 10.4. The molecular formula is C24H27N3O4S. The Balaban J connectivity index is 1.88. The van der Waals surface area contributed by atoms with Gasteiger partial charge in [-0.2, -0.15) is 4.72 Å². The molecule has 0 amide bonds. The van der Waals surface area contributed by atoms with E-state index < -0.39 is 22.0 Å². The van der Waals surface area contributed by atoms with Crippen molar-refractivity contribution in [2.75, 3.05) is 6.61 Å². The van der Waals surface area contributed by atoms with Gasteiger partial charge in [0.25, 0.3) is 0 Å². The van der Waals surface area contributed by atoms with E-state index in [2.05, 4.69) is 4.72 Å². The first-order valence-corrected chi connectivity index (χ1v) is 11.9. The third-order valence-electron chi connectivity index (χ3n) is 5.03. The van der Waals surface area contributed by atoms with Gasteiger partial charge >= 0.3 is 5.97 Å². The van der Waals surface area contributed by atoms with Crippen molar-refractivity contribution in [3.05, 3.63) is 77.9 Å². The minimum absolute atomic E-state index is 0.0683. The number of hydrogen-bond donors (Lipinski definition) is 3. The summed E-state index contributed by atoms with van der Waals surface area (Å²) < 4.78 is 34.1. The minimum atomic E-state index is -3.99. The Morgan fingerprint density at radius 1 is 1.06 bits per heavy atom. The summed E-state index contributed by atoms with van der Waals surface area (Å²) in [6.07, 6.45) is 1.61. The highest BCUT2D eigenvalue weighted by Gasteiger charge is 2.27. The highest BCUT2D eigenvalue weighted by molar-refractivity contribution is 7.89. The van der Waals surface area contributed by atoms with Crippen LogP contribution in [0.1, 0.15) is 30.9 Å². The molecule has 8 heteroatoms. The number of fused-ring (bicyclic) bond motifs is 1. The Kier molecular flexibility index (Phi) is 7.61. The number of sulfonamides is 1. The van der Waals surface area contributed by atoms with Crippen molar-refractivity contribution in [2.24, 2.45) is 5.73 Å². The van der Waals surface area contributed by atoms with Crippen LogP contribution >= 0.6 is 0 Å². The second-order valence-electron chi connectivity index (χ2n) is 7.52. The predicted octanol–water partition coefficient (Wildman–Crippen LogP) is 3.36. The van der Waals surface area contributed by atoms with Crippen LogP contribution in [0.3, 0.4) is 0 Å². The second-order valence-corrected chi connectivity index (χ2v) is 9.24. The number of rotatable bonds is 10. The molecule has 4 N–H and O–H groups in total. The van der Waals surface area contributed by atoms with Crippen LogP contribution in [0, 0.1) is 5.41 Å². The van der Waals surface area contributed by atoms with Gasteiger partial charge < -0.3 is 10.5 Å².